The fourth-order valence-electron chi connectivity index (χ4n) is 5.20. The van der Waals surface area contributed by atoms with Crippen LogP contribution in [0.4, 0.5) is 9.59 Å². The topological polar surface area (TPSA) is 228 Å². The molecule has 0 bridgehead atoms. The molecule has 57 heavy (non-hydrogen) atoms. The van der Waals surface area contributed by atoms with Crippen LogP contribution in [0.1, 0.15) is 71.6 Å². The number of Topliss-reactive ketones (excluding diaryl/α,β-unsaturated/α-hetero) is 2. The number of carbonyl (C=O) groups is 8. The number of methoxy groups -OCH3 is 2. The van der Waals surface area contributed by atoms with Gasteiger partial charge in [0.15, 0.2) is 0 Å². The second-order valence-corrected chi connectivity index (χ2v) is 15.3. The van der Waals surface area contributed by atoms with Crippen molar-refractivity contribution in [3.63, 3.8) is 0 Å². The molecule has 18 nitrogen and oxygen atoms in total. The van der Waals surface area contributed by atoms with Crippen LogP contribution in [0.15, 0.2) is 0 Å². The van der Waals surface area contributed by atoms with E-state index in [2.05, 4.69) is 21.3 Å². The summed E-state index contributed by atoms with van der Waals surface area (Å²) in [5.74, 6) is 0.769. The van der Waals surface area contributed by atoms with Gasteiger partial charge in [-0.15, -0.1) is 23.5 Å². The molecule has 0 aromatic heterocycles. The maximum Gasteiger partial charge on any atom is 0.407 e. The SMILES string of the molecule is C.CNCCCSC1CC(=O)N(CCC(=O)CCCNC(=O)OCCOC)C1=O.CNCCCSC1CC(=O)N(CCC(=O)CCCNC(=O)OCCOC)C1=O. The number of thioether (sulfide) groups is 2. The van der Waals surface area contributed by atoms with Gasteiger partial charge >= 0.3 is 12.2 Å². The van der Waals surface area contributed by atoms with Gasteiger partial charge in [0.2, 0.25) is 23.6 Å². The van der Waals surface area contributed by atoms with Gasteiger partial charge in [-0.1, -0.05) is 7.43 Å². The number of alkyl carbamates (subject to hydrolysis) is 2. The molecule has 0 aromatic carbocycles. The van der Waals surface area contributed by atoms with E-state index < -0.39 is 12.2 Å². The first kappa shape index (κ1) is 53.7. The molecule has 328 valence electrons. The Kier molecular flexibility index (Phi) is 31.7. The van der Waals surface area contributed by atoms with Gasteiger partial charge in [-0.2, -0.15) is 0 Å². The molecule has 0 radical (unpaired) electrons. The van der Waals surface area contributed by atoms with E-state index in [1.54, 1.807) is 0 Å². The van der Waals surface area contributed by atoms with Crippen molar-refractivity contribution in [2.45, 2.75) is 82.1 Å². The molecule has 0 saturated carbocycles. The van der Waals surface area contributed by atoms with E-state index in [0.717, 1.165) is 37.4 Å². The summed E-state index contributed by atoms with van der Waals surface area (Å²) in [6.45, 7) is 3.67. The van der Waals surface area contributed by atoms with Crippen LogP contribution >= 0.6 is 23.5 Å². The highest BCUT2D eigenvalue weighted by Crippen LogP contribution is 2.27. The van der Waals surface area contributed by atoms with E-state index >= 15 is 0 Å². The van der Waals surface area contributed by atoms with Gasteiger partial charge in [0, 0.05) is 78.9 Å². The molecular formula is C37H66N6O12S2. The summed E-state index contributed by atoms with van der Waals surface area (Å²) in [7, 11) is 6.78. The molecule has 2 aliphatic rings. The number of ether oxygens (including phenoxy) is 4. The van der Waals surface area contributed by atoms with Gasteiger partial charge < -0.3 is 40.2 Å². The Morgan fingerprint density at radius 1 is 0.596 bits per heavy atom. The van der Waals surface area contributed by atoms with Crippen LogP contribution in [-0.4, -0.2) is 173 Å². The minimum Gasteiger partial charge on any atom is -0.447 e. The average molecular weight is 851 g/mol. The van der Waals surface area contributed by atoms with Crippen molar-refractivity contribution < 1.29 is 57.3 Å². The first-order valence-corrected chi connectivity index (χ1v) is 21.1. The standard InChI is InChI=1S/2C18H31N3O6S.CH4/c2*1-19-7-4-12-28-15-13-16(23)21(17(15)24)9-6-14(22)5-3-8-20-18(25)27-11-10-26-2;/h2*15,19H,3-13H2,1-2H3,(H,20,25);1H4. The van der Waals surface area contributed by atoms with Crippen LogP contribution in [-0.2, 0) is 47.7 Å². The number of likely N-dealkylation sites (tertiary alicyclic amines) is 2. The second kappa shape index (κ2) is 33.6. The highest BCUT2D eigenvalue weighted by molar-refractivity contribution is 8.00. The third-order valence-corrected chi connectivity index (χ3v) is 10.8. The Balaban J connectivity index is 0.00000108. The molecule has 2 fully saturated rings. The Morgan fingerprint density at radius 2 is 0.982 bits per heavy atom. The Labute approximate surface area is 346 Å². The molecule has 2 rings (SSSR count). The van der Waals surface area contributed by atoms with Gasteiger partial charge in [-0.05, 0) is 64.4 Å². The van der Waals surface area contributed by atoms with Crippen molar-refractivity contribution in [3.8, 4) is 0 Å². The highest BCUT2D eigenvalue weighted by atomic mass is 32.2. The molecule has 20 heteroatoms. The smallest absolute Gasteiger partial charge is 0.407 e. The fraction of sp³-hybridized carbons (Fsp3) is 0.784. The monoisotopic (exact) mass is 850 g/mol. The number of imide groups is 2. The number of nitrogens with zero attached hydrogens (tertiary/aromatic N) is 2. The summed E-state index contributed by atoms with van der Waals surface area (Å²) in [6.07, 6.45) is 3.00. The maximum absolute atomic E-state index is 12.3. The molecule has 2 aliphatic heterocycles. The van der Waals surface area contributed by atoms with Gasteiger partial charge in [0.05, 0.1) is 23.7 Å². The average Bonchev–Trinajstić information content (AvgIpc) is 3.61. The molecule has 0 aromatic rings. The van der Waals surface area contributed by atoms with Crippen LogP contribution < -0.4 is 21.3 Å². The summed E-state index contributed by atoms with van der Waals surface area (Å²) in [5, 5.41) is 10.5. The van der Waals surface area contributed by atoms with Crippen molar-refractivity contribution in [2.24, 2.45) is 0 Å². The van der Waals surface area contributed by atoms with Crippen molar-refractivity contribution >= 4 is 70.9 Å². The number of rotatable bonds is 30. The van der Waals surface area contributed by atoms with Gasteiger partial charge in [-0.25, -0.2) is 9.59 Å². The molecule has 2 saturated heterocycles. The fourth-order valence-corrected chi connectivity index (χ4v) is 7.45. The van der Waals surface area contributed by atoms with E-state index in [9.17, 15) is 38.4 Å². The molecule has 6 amide bonds. The molecule has 4 N–H and O–H groups in total. The minimum absolute atomic E-state index is 0. The molecule has 2 atom stereocenters. The number of hydrogen-bond donors (Lipinski definition) is 4. The lowest BCUT2D eigenvalue weighted by Gasteiger charge is -2.14. The third kappa shape index (κ3) is 24.3. The Morgan fingerprint density at radius 3 is 1.33 bits per heavy atom. The molecule has 2 heterocycles. The first-order valence-electron chi connectivity index (χ1n) is 19.0. The van der Waals surface area contributed by atoms with Crippen molar-refractivity contribution in [3.05, 3.63) is 0 Å². The van der Waals surface area contributed by atoms with E-state index in [1.165, 1.54) is 47.5 Å². The minimum atomic E-state index is -0.545. The number of nitrogens with one attached hydrogen (secondary N) is 4. The zero-order chi connectivity index (χ0) is 41.6. The lowest BCUT2D eigenvalue weighted by Crippen LogP contribution is -2.33. The van der Waals surface area contributed by atoms with Gasteiger partial charge in [0.1, 0.15) is 24.8 Å². The van der Waals surface area contributed by atoms with Crippen molar-refractivity contribution in [2.75, 3.05) is 106 Å². The Bertz CT molecular complexity index is 1160. The van der Waals surface area contributed by atoms with Crippen molar-refractivity contribution in [1.29, 1.82) is 0 Å². The van der Waals surface area contributed by atoms with Crippen LogP contribution in [0, 0.1) is 0 Å². The number of carbonyl (C=O) groups excluding carboxylic acids is 8. The summed E-state index contributed by atoms with van der Waals surface area (Å²) in [5.41, 5.74) is 0. The number of hydrogen-bond acceptors (Lipinski definition) is 16. The van der Waals surface area contributed by atoms with Crippen LogP contribution in [0.3, 0.4) is 0 Å². The molecule has 0 spiro atoms. The van der Waals surface area contributed by atoms with E-state index in [-0.39, 0.29) is 118 Å². The van der Waals surface area contributed by atoms with Crippen LogP contribution in [0.5, 0.6) is 0 Å². The van der Waals surface area contributed by atoms with Gasteiger partial charge in [0.25, 0.3) is 0 Å². The van der Waals surface area contributed by atoms with E-state index in [1.807, 2.05) is 14.1 Å². The zero-order valence-electron chi connectivity index (χ0n) is 33.3. The number of amides is 6. The predicted octanol–water partition coefficient (Wildman–Crippen LogP) is 1.77. The molecular weight excluding hydrogens is 785 g/mol. The third-order valence-electron chi connectivity index (χ3n) is 8.26. The zero-order valence-corrected chi connectivity index (χ0v) is 35.0. The molecule has 2 unspecified atom stereocenters. The quantitative estimate of drug-likeness (QED) is 0.0597. The summed E-state index contributed by atoms with van der Waals surface area (Å²) in [4.78, 5) is 97.7. The highest BCUT2D eigenvalue weighted by Gasteiger charge is 2.39. The first-order chi connectivity index (χ1) is 27.0. The lowest BCUT2D eigenvalue weighted by molar-refractivity contribution is -0.140. The number of ketones is 2. The Hall–Kier alpha value is -3.30. The molecule has 0 aliphatic carbocycles. The lowest BCUT2D eigenvalue weighted by atomic mass is 10.1. The predicted molar refractivity (Wildman–Crippen MR) is 219 cm³/mol. The van der Waals surface area contributed by atoms with Crippen LogP contribution in [0.2, 0.25) is 0 Å². The summed E-state index contributed by atoms with van der Waals surface area (Å²) >= 11 is 3.01. The summed E-state index contributed by atoms with van der Waals surface area (Å²) in [6, 6.07) is 0. The van der Waals surface area contributed by atoms with E-state index in [4.69, 9.17) is 18.9 Å². The van der Waals surface area contributed by atoms with Crippen LogP contribution in [0.25, 0.3) is 0 Å². The van der Waals surface area contributed by atoms with E-state index in [0.29, 0.717) is 39.1 Å². The second-order valence-electron chi connectivity index (χ2n) is 12.7. The van der Waals surface area contributed by atoms with Crippen molar-refractivity contribution in [1.82, 2.24) is 31.1 Å². The summed E-state index contributed by atoms with van der Waals surface area (Å²) < 4.78 is 19.2. The normalized spacial score (nSPS) is 16.2. The van der Waals surface area contributed by atoms with Gasteiger partial charge in [-0.3, -0.25) is 38.6 Å². The largest absolute Gasteiger partial charge is 0.447 e. The maximum atomic E-state index is 12.3.